The van der Waals surface area contributed by atoms with Crippen molar-refractivity contribution in [1.82, 2.24) is 4.67 Å². The zero-order valence-corrected chi connectivity index (χ0v) is 20.5. The summed E-state index contributed by atoms with van der Waals surface area (Å²) in [4.78, 5) is 0. The van der Waals surface area contributed by atoms with Gasteiger partial charge in [-0.1, -0.05) is 121 Å². The highest BCUT2D eigenvalue weighted by molar-refractivity contribution is 7.70. The molecule has 0 spiro atoms. The van der Waals surface area contributed by atoms with E-state index in [1.807, 2.05) is 0 Å². The Morgan fingerprint density at radius 2 is 1.03 bits per heavy atom. The molecule has 4 aromatic carbocycles. The quantitative estimate of drug-likeness (QED) is 0.313. The lowest BCUT2D eigenvalue weighted by atomic mass is 10.2. The van der Waals surface area contributed by atoms with Gasteiger partial charge in [0, 0.05) is 31.3 Å². The fourth-order valence-corrected chi connectivity index (χ4v) is 8.88. The highest BCUT2D eigenvalue weighted by Crippen LogP contribution is 2.45. The van der Waals surface area contributed by atoms with Gasteiger partial charge in [0.2, 0.25) is 0 Å². The van der Waals surface area contributed by atoms with Crippen LogP contribution in [0.15, 0.2) is 121 Å². The molecule has 0 amide bonds. The summed E-state index contributed by atoms with van der Waals surface area (Å²) in [6.45, 7) is 1.88. The predicted molar refractivity (Wildman–Crippen MR) is 144 cm³/mol. The molecule has 1 aliphatic rings. The zero-order chi connectivity index (χ0) is 22.3. The van der Waals surface area contributed by atoms with Gasteiger partial charge in [-0.05, 0) is 23.5 Å². The SMILES string of the molecule is c1ccc(P(OC[C@H]2CCCN2P(c2ccccc2)c2ccccc2)c2ccccc2)cc1. The lowest BCUT2D eigenvalue weighted by Crippen LogP contribution is -2.35. The summed E-state index contributed by atoms with van der Waals surface area (Å²) in [6.07, 6.45) is 2.41. The van der Waals surface area contributed by atoms with Gasteiger partial charge in [0.05, 0.1) is 14.8 Å². The molecule has 0 N–H and O–H groups in total. The number of hydrogen-bond donors (Lipinski definition) is 0. The molecule has 1 aliphatic heterocycles. The van der Waals surface area contributed by atoms with Gasteiger partial charge in [-0.3, -0.25) is 4.67 Å². The van der Waals surface area contributed by atoms with Crippen LogP contribution >= 0.6 is 16.2 Å². The van der Waals surface area contributed by atoms with Crippen LogP contribution in [0.3, 0.4) is 0 Å². The lowest BCUT2D eigenvalue weighted by molar-refractivity contribution is 0.263. The molecule has 0 unspecified atom stereocenters. The van der Waals surface area contributed by atoms with Gasteiger partial charge in [0.25, 0.3) is 0 Å². The van der Waals surface area contributed by atoms with Crippen molar-refractivity contribution in [3.8, 4) is 0 Å². The Balaban J connectivity index is 1.40. The minimum absolute atomic E-state index is 0.425. The largest absolute Gasteiger partial charge is 0.348 e. The molecule has 0 saturated carbocycles. The summed E-state index contributed by atoms with van der Waals surface area (Å²) in [5.74, 6) is 0. The maximum Gasteiger partial charge on any atom is 0.0918 e. The normalized spacial score (nSPS) is 16.5. The summed E-state index contributed by atoms with van der Waals surface area (Å²) in [5, 5.41) is 5.38. The van der Waals surface area contributed by atoms with Gasteiger partial charge in [0.1, 0.15) is 0 Å². The molecule has 5 rings (SSSR count). The first-order valence-corrected chi connectivity index (χ1v) is 14.2. The molecule has 1 fully saturated rings. The first-order chi connectivity index (χ1) is 16.4. The van der Waals surface area contributed by atoms with E-state index in [0.29, 0.717) is 6.04 Å². The van der Waals surface area contributed by atoms with Crippen LogP contribution in [0, 0.1) is 0 Å². The fourth-order valence-electron chi connectivity index (χ4n) is 4.42. The number of benzene rings is 4. The van der Waals surface area contributed by atoms with Crippen molar-refractivity contribution < 1.29 is 4.52 Å². The number of rotatable bonds is 8. The second kappa shape index (κ2) is 11.2. The molecule has 4 aromatic rings. The maximum atomic E-state index is 6.78. The van der Waals surface area contributed by atoms with Crippen LogP contribution in [0.1, 0.15) is 12.8 Å². The van der Waals surface area contributed by atoms with Crippen molar-refractivity contribution in [3.05, 3.63) is 121 Å². The molecule has 0 aromatic heterocycles. The molecule has 0 bridgehead atoms. The summed E-state index contributed by atoms with van der Waals surface area (Å²) < 4.78 is 9.51. The van der Waals surface area contributed by atoms with E-state index < -0.39 is 16.2 Å². The van der Waals surface area contributed by atoms with Crippen molar-refractivity contribution >= 4 is 37.4 Å². The molecular weight excluding hydrogens is 440 g/mol. The Morgan fingerprint density at radius 3 is 1.48 bits per heavy atom. The molecular formula is C29H29NOP2. The number of hydrogen-bond acceptors (Lipinski definition) is 2. The van der Waals surface area contributed by atoms with Crippen molar-refractivity contribution in [2.75, 3.05) is 13.2 Å². The third kappa shape index (κ3) is 5.43. The van der Waals surface area contributed by atoms with E-state index >= 15 is 0 Å². The summed E-state index contributed by atoms with van der Waals surface area (Å²) >= 11 is 0. The lowest BCUT2D eigenvalue weighted by Gasteiger charge is -2.34. The molecule has 0 radical (unpaired) electrons. The summed E-state index contributed by atoms with van der Waals surface area (Å²) in [7, 11) is -1.40. The third-order valence-electron chi connectivity index (χ3n) is 5.98. The van der Waals surface area contributed by atoms with Crippen LogP contribution in [0.4, 0.5) is 0 Å². The topological polar surface area (TPSA) is 12.5 Å². The van der Waals surface area contributed by atoms with Crippen LogP contribution in [0.25, 0.3) is 0 Å². The predicted octanol–water partition coefficient (Wildman–Crippen LogP) is 5.56. The van der Waals surface area contributed by atoms with Gasteiger partial charge in [-0.2, -0.15) is 0 Å². The van der Waals surface area contributed by atoms with Gasteiger partial charge in [-0.25, -0.2) is 0 Å². The second-order valence-electron chi connectivity index (χ2n) is 8.20. The van der Waals surface area contributed by atoms with Gasteiger partial charge < -0.3 is 4.52 Å². The average Bonchev–Trinajstić information content (AvgIpc) is 3.35. The average molecular weight is 470 g/mol. The Kier molecular flexibility index (Phi) is 7.61. The molecule has 1 atom stereocenters. The van der Waals surface area contributed by atoms with E-state index in [9.17, 15) is 0 Å². The maximum absolute atomic E-state index is 6.78. The Labute approximate surface area is 199 Å². The van der Waals surface area contributed by atoms with E-state index in [2.05, 4.69) is 126 Å². The summed E-state index contributed by atoms with van der Waals surface area (Å²) in [5.41, 5.74) is 0. The van der Waals surface area contributed by atoms with Crippen molar-refractivity contribution in [1.29, 1.82) is 0 Å². The third-order valence-corrected chi connectivity index (χ3v) is 10.5. The van der Waals surface area contributed by atoms with E-state index in [4.69, 9.17) is 4.52 Å². The molecule has 2 nitrogen and oxygen atoms in total. The molecule has 1 heterocycles. The first-order valence-electron chi connectivity index (χ1n) is 11.6. The molecule has 33 heavy (non-hydrogen) atoms. The van der Waals surface area contributed by atoms with E-state index in [0.717, 1.165) is 13.2 Å². The van der Waals surface area contributed by atoms with Crippen LogP contribution in [-0.4, -0.2) is 23.9 Å². The monoisotopic (exact) mass is 469 g/mol. The fraction of sp³-hybridized carbons (Fsp3) is 0.172. The Bertz CT molecular complexity index is 1030. The standard InChI is InChI=1S/C29H29NOP2/c1-5-15-26(16-6-1)32(27-17-7-2-8-18-27)30-23-13-14-25(30)24-31-33(28-19-9-3-10-20-28)29-21-11-4-12-22-29/h1-12,15-22,25H,13-14,23-24H2/t25-/m1/s1. The van der Waals surface area contributed by atoms with Crippen LogP contribution < -0.4 is 21.2 Å². The highest BCUT2D eigenvalue weighted by Gasteiger charge is 2.33. The van der Waals surface area contributed by atoms with Gasteiger partial charge >= 0.3 is 0 Å². The minimum Gasteiger partial charge on any atom is -0.348 e. The molecule has 0 aliphatic carbocycles. The molecule has 4 heteroatoms. The van der Waals surface area contributed by atoms with Gasteiger partial charge in [-0.15, -0.1) is 0 Å². The number of nitrogens with zero attached hydrogens (tertiary/aromatic N) is 1. The van der Waals surface area contributed by atoms with Gasteiger partial charge in [0.15, 0.2) is 0 Å². The van der Waals surface area contributed by atoms with Crippen LogP contribution in [0.5, 0.6) is 0 Å². The first kappa shape index (κ1) is 22.5. The molecule has 166 valence electrons. The van der Waals surface area contributed by atoms with Crippen molar-refractivity contribution in [3.63, 3.8) is 0 Å². The summed E-state index contributed by atoms with van der Waals surface area (Å²) in [6, 6.07) is 43.9. The Morgan fingerprint density at radius 1 is 0.606 bits per heavy atom. The second-order valence-corrected chi connectivity index (χ2v) is 12.3. The minimum atomic E-state index is -0.833. The van der Waals surface area contributed by atoms with Crippen molar-refractivity contribution in [2.45, 2.75) is 18.9 Å². The smallest absolute Gasteiger partial charge is 0.0918 e. The van der Waals surface area contributed by atoms with E-state index in [-0.39, 0.29) is 0 Å². The van der Waals surface area contributed by atoms with Crippen LogP contribution in [0.2, 0.25) is 0 Å². The Hall–Kier alpha value is -2.34. The van der Waals surface area contributed by atoms with Crippen molar-refractivity contribution in [2.24, 2.45) is 0 Å². The highest BCUT2D eigenvalue weighted by atomic mass is 31.1. The van der Waals surface area contributed by atoms with Crippen LogP contribution in [-0.2, 0) is 4.52 Å². The van der Waals surface area contributed by atoms with E-state index in [1.54, 1.807) is 0 Å². The van der Waals surface area contributed by atoms with E-state index in [1.165, 1.54) is 34.1 Å². The molecule has 1 saturated heterocycles. The zero-order valence-electron chi connectivity index (χ0n) is 18.7.